The quantitative estimate of drug-likeness (QED) is 0.163. The fourth-order valence-corrected chi connectivity index (χ4v) is 17.3. The molecule has 0 spiro atoms. The predicted molar refractivity (Wildman–Crippen MR) is 316 cm³/mol. The first-order valence-electron chi connectivity index (χ1n) is 29.1. The molecule has 0 amide bonds. The van der Waals surface area contributed by atoms with Crippen molar-refractivity contribution in [3.8, 4) is 0 Å². The molecule has 5 aliphatic carbocycles. The van der Waals surface area contributed by atoms with Gasteiger partial charge in [0.2, 0.25) is 0 Å². The molecule has 14 rings (SSSR count). The second-order valence-electron chi connectivity index (χ2n) is 30.1. The molecule has 3 nitrogen and oxygen atoms in total. The maximum absolute atomic E-state index is 2.86. The van der Waals surface area contributed by atoms with Crippen LogP contribution in [0.15, 0.2) is 97.1 Å². The van der Waals surface area contributed by atoms with Crippen LogP contribution in [0.3, 0.4) is 0 Å². The number of benzene rings is 6. The first-order chi connectivity index (χ1) is 34.8. The summed E-state index contributed by atoms with van der Waals surface area (Å²) in [7, 11) is 0. The Labute approximate surface area is 445 Å². The normalized spacial score (nSPS) is 26.0. The van der Waals surface area contributed by atoms with Gasteiger partial charge in [-0.05, 0) is 225 Å². The van der Waals surface area contributed by atoms with Crippen LogP contribution >= 0.6 is 0 Å². The highest BCUT2D eigenvalue weighted by atomic mass is 15.3. The molecule has 0 N–H and O–H groups in total. The van der Waals surface area contributed by atoms with Crippen molar-refractivity contribution in [2.75, 3.05) is 14.7 Å². The van der Waals surface area contributed by atoms with Crippen molar-refractivity contribution in [3.05, 3.63) is 147 Å². The standard InChI is InChI=1S/C70H82BN3/c1-63(2)39-43-21-22-47(31-44(43)40-63)72-58-33-46-42-64(3,4)41-45(46)32-55(58)71-56-37-53-54(68(11,12)30-29-67(53,9)10)38-59(56)73(48-23-24-50-52(34-48)66(7,8)28-27-65(50,5)6)61-36-49(35-60(72)62(61)71)74-57-20-16-15-19-51(57)69(13)25-17-18-26-70(69,74)14/h15-16,19-24,31-38H,17-18,25-30,39-42H2,1-14H3. The topological polar surface area (TPSA) is 9.72 Å². The van der Waals surface area contributed by atoms with Crippen molar-refractivity contribution in [2.45, 2.75) is 207 Å². The van der Waals surface area contributed by atoms with E-state index in [0.29, 0.717) is 0 Å². The molecule has 380 valence electrons. The molecule has 2 unspecified atom stereocenters. The zero-order chi connectivity index (χ0) is 51.7. The molecule has 6 aromatic rings. The summed E-state index contributed by atoms with van der Waals surface area (Å²) < 4.78 is 0. The van der Waals surface area contributed by atoms with E-state index in [1.807, 2.05) is 0 Å². The van der Waals surface area contributed by atoms with Gasteiger partial charge in [0.1, 0.15) is 0 Å². The number of fused-ring (bicyclic) bond motifs is 11. The Morgan fingerprint density at radius 2 is 0.865 bits per heavy atom. The van der Waals surface area contributed by atoms with Gasteiger partial charge in [0.15, 0.2) is 0 Å². The van der Waals surface area contributed by atoms with E-state index in [0.717, 1.165) is 25.7 Å². The molecule has 8 aliphatic rings. The number of anilines is 8. The summed E-state index contributed by atoms with van der Waals surface area (Å²) in [6.45, 7) is 35.3. The Morgan fingerprint density at radius 1 is 0.365 bits per heavy atom. The van der Waals surface area contributed by atoms with Crippen LogP contribution in [0.2, 0.25) is 0 Å². The van der Waals surface area contributed by atoms with Gasteiger partial charge >= 0.3 is 0 Å². The molecule has 74 heavy (non-hydrogen) atoms. The third-order valence-electron chi connectivity index (χ3n) is 21.8. The highest BCUT2D eigenvalue weighted by Crippen LogP contribution is 2.62. The number of rotatable bonds is 3. The zero-order valence-electron chi connectivity index (χ0n) is 47.6. The van der Waals surface area contributed by atoms with Crippen LogP contribution in [0.1, 0.15) is 198 Å². The second-order valence-corrected chi connectivity index (χ2v) is 30.1. The summed E-state index contributed by atoms with van der Waals surface area (Å²) in [5.74, 6) is 0. The van der Waals surface area contributed by atoms with Gasteiger partial charge in [-0.1, -0.05) is 145 Å². The van der Waals surface area contributed by atoms with E-state index < -0.39 is 0 Å². The van der Waals surface area contributed by atoms with Crippen LogP contribution in [-0.4, -0.2) is 12.3 Å². The van der Waals surface area contributed by atoms with E-state index >= 15 is 0 Å². The van der Waals surface area contributed by atoms with Gasteiger partial charge in [-0.2, -0.15) is 0 Å². The lowest BCUT2D eigenvalue weighted by Crippen LogP contribution is -2.62. The molecule has 0 bridgehead atoms. The van der Waals surface area contributed by atoms with Crippen LogP contribution in [0.25, 0.3) is 0 Å². The van der Waals surface area contributed by atoms with E-state index in [1.54, 1.807) is 11.1 Å². The van der Waals surface area contributed by atoms with Gasteiger partial charge in [-0.25, -0.2) is 0 Å². The maximum atomic E-state index is 2.86. The molecule has 3 heterocycles. The molecule has 0 saturated heterocycles. The Bertz CT molecular complexity index is 3430. The van der Waals surface area contributed by atoms with Crippen molar-refractivity contribution in [1.82, 2.24) is 0 Å². The van der Waals surface area contributed by atoms with Crippen LogP contribution in [0.5, 0.6) is 0 Å². The molecule has 2 atom stereocenters. The number of para-hydroxylation sites is 1. The lowest BCUT2D eigenvalue weighted by molar-refractivity contribution is 0.195. The lowest BCUT2D eigenvalue weighted by atomic mass is 9.33. The Hall–Kier alpha value is -5.22. The highest BCUT2D eigenvalue weighted by Gasteiger charge is 2.58. The fourth-order valence-electron chi connectivity index (χ4n) is 17.3. The minimum Gasteiger partial charge on any atom is -0.334 e. The Balaban J connectivity index is 1.13. The lowest BCUT2D eigenvalue weighted by Gasteiger charge is -2.51. The Kier molecular flexibility index (Phi) is 9.47. The van der Waals surface area contributed by atoms with Crippen molar-refractivity contribution in [2.24, 2.45) is 10.8 Å². The zero-order valence-corrected chi connectivity index (χ0v) is 47.6. The second kappa shape index (κ2) is 14.8. The van der Waals surface area contributed by atoms with Gasteiger partial charge in [-0.15, -0.1) is 0 Å². The minimum atomic E-state index is -0.0915. The minimum absolute atomic E-state index is 0.0323. The summed E-state index contributed by atoms with van der Waals surface area (Å²) in [6, 6.07) is 41.1. The van der Waals surface area contributed by atoms with Crippen molar-refractivity contribution in [1.29, 1.82) is 0 Å². The molecule has 6 aromatic carbocycles. The first kappa shape index (κ1) is 47.3. The smallest absolute Gasteiger partial charge is 0.252 e. The number of nitrogens with zero attached hydrogens (tertiary/aromatic N) is 3. The summed E-state index contributed by atoms with van der Waals surface area (Å²) in [5.41, 5.74) is 29.7. The van der Waals surface area contributed by atoms with E-state index in [1.165, 1.54) is 152 Å². The summed E-state index contributed by atoms with van der Waals surface area (Å²) in [4.78, 5) is 8.45. The van der Waals surface area contributed by atoms with Gasteiger partial charge < -0.3 is 14.7 Å². The molecular weight excluding hydrogens is 894 g/mol. The van der Waals surface area contributed by atoms with E-state index in [9.17, 15) is 0 Å². The van der Waals surface area contributed by atoms with Crippen molar-refractivity contribution >= 4 is 68.6 Å². The molecule has 3 aliphatic heterocycles. The number of hydrogen-bond acceptors (Lipinski definition) is 3. The molecular formula is C70H82BN3. The molecule has 0 radical (unpaired) electrons. The van der Waals surface area contributed by atoms with Gasteiger partial charge in [-0.3, -0.25) is 0 Å². The molecule has 4 heteroatoms. The summed E-state index contributed by atoms with van der Waals surface area (Å²) in [6.07, 6.45) is 14.2. The third-order valence-corrected chi connectivity index (χ3v) is 21.8. The SMILES string of the molecule is CC1(C)Cc2ccc(N3c4cc5c(cc4B4c6cc7c(cc6N(c6ccc8c(c6)C(C)(C)CCC8(C)C)c6cc(N8c9ccccc9C9(C)CCCCC89C)cc3c64)C(C)(C)CCC7(C)C)CC(C)(C)C5)cc2C1. The molecule has 0 aromatic heterocycles. The largest absolute Gasteiger partial charge is 0.334 e. The first-order valence-corrected chi connectivity index (χ1v) is 29.1. The van der Waals surface area contributed by atoms with Crippen LogP contribution in [0.4, 0.5) is 45.5 Å². The third kappa shape index (κ3) is 6.44. The number of hydrogen-bond donors (Lipinski definition) is 0. The van der Waals surface area contributed by atoms with Crippen LogP contribution in [0, 0.1) is 10.8 Å². The van der Waals surface area contributed by atoms with Crippen molar-refractivity contribution in [3.63, 3.8) is 0 Å². The van der Waals surface area contributed by atoms with E-state index in [2.05, 4.69) is 209 Å². The van der Waals surface area contributed by atoms with Crippen LogP contribution < -0.4 is 31.1 Å². The van der Waals surface area contributed by atoms with Crippen molar-refractivity contribution < 1.29 is 0 Å². The molecule has 1 fully saturated rings. The van der Waals surface area contributed by atoms with E-state index in [-0.39, 0.29) is 50.2 Å². The Morgan fingerprint density at radius 3 is 1.53 bits per heavy atom. The van der Waals surface area contributed by atoms with Gasteiger partial charge in [0.25, 0.3) is 6.71 Å². The average molecular weight is 976 g/mol. The average Bonchev–Trinajstić information content (AvgIpc) is 3.95. The van der Waals surface area contributed by atoms with E-state index in [4.69, 9.17) is 0 Å². The maximum Gasteiger partial charge on any atom is 0.252 e. The highest BCUT2D eigenvalue weighted by molar-refractivity contribution is 7.00. The monoisotopic (exact) mass is 976 g/mol. The predicted octanol–water partition coefficient (Wildman–Crippen LogP) is 16.5. The summed E-state index contributed by atoms with van der Waals surface area (Å²) >= 11 is 0. The fraction of sp³-hybridized carbons (Fsp3) is 0.486. The summed E-state index contributed by atoms with van der Waals surface area (Å²) in [5, 5.41) is 0. The van der Waals surface area contributed by atoms with Gasteiger partial charge in [0.05, 0.1) is 5.54 Å². The molecule has 1 saturated carbocycles. The van der Waals surface area contributed by atoms with Gasteiger partial charge in [0, 0.05) is 50.9 Å². The van der Waals surface area contributed by atoms with Crippen LogP contribution in [-0.2, 0) is 52.8 Å².